The Morgan fingerprint density at radius 1 is 1.33 bits per heavy atom. The molecule has 21 heavy (non-hydrogen) atoms. The van der Waals surface area contributed by atoms with Crippen molar-refractivity contribution in [2.45, 2.75) is 19.6 Å². The van der Waals surface area contributed by atoms with E-state index in [1.807, 2.05) is 48.0 Å². The molecule has 0 saturated carbocycles. The van der Waals surface area contributed by atoms with Gasteiger partial charge >= 0.3 is 0 Å². The van der Waals surface area contributed by atoms with Crippen molar-refractivity contribution in [3.63, 3.8) is 0 Å². The summed E-state index contributed by atoms with van der Waals surface area (Å²) < 4.78 is 1.99. The van der Waals surface area contributed by atoms with Crippen LogP contribution in [0.5, 0.6) is 0 Å². The van der Waals surface area contributed by atoms with Crippen LogP contribution in [0.15, 0.2) is 49.1 Å². The highest BCUT2D eigenvalue weighted by atomic mass is 16.3. The second kappa shape index (κ2) is 6.03. The van der Waals surface area contributed by atoms with Gasteiger partial charge in [0.1, 0.15) is 0 Å². The molecule has 0 aliphatic carbocycles. The van der Waals surface area contributed by atoms with Gasteiger partial charge in [-0.05, 0) is 12.5 Å². The minimum Gasteiger partial charge on any atom is -0.387 e. The average Bonchev–Trinajstić information content (AvgIpc) is 2.91. The third kappa shape index (κ3) is 3.09. The number of benzene rings is 1. The van der Waals surface area contributed by atoms with E-state index in [1.54, 1.807) is 12.4 Å². The van der Waals surface area contributed by atoms with Crippen molar-refractivity contribution in [3.8, 4) is 0 Å². The number of hydrogen-bond donors (Lipinski definition) is 2. The minimum absolute atomic E-state index is 0.502. The number of fused-ring (bicyclic) bond motifs is 1. The van der Waals surface area contributed by atoms with E-state index < -0.39 is 6.10 Å². The molecule has 0 radical (unpaired) electrons. The van der Waals surface area contributed by atoms with Gasteiger partial charge in [0.25, 0.3) is 0 Å². The highest BCUT2D eigenvalue weighted by Crippen LogP contribution is 2.13. The lowest BCUT2D eigenvalue weighted by Gasteiger charge is -2.12. The van der Waals surface area contributed by atoms with E-state index in [-0.39, 0.29) is 0 Å². The quantitative estimate of drug-likeness (QED) is 0.750. The van der Waals surface area contributed by atoms with Crippen LogP contribution in [-0.2, 0) is 6.54 Å². The summed E-state index contributed by atoms with van der Waals surface area (Å²) in [6.07, 6.45) is 6.66. The first-order valence-electron chi connectivity index (χ1n) is 6.95. The fourth-order valence-electron chi connectivity index (χ4n) is 2.36. The predicted molar refractivity (Wildman–Crippen MR) is 80.8 cm³/mol. The molecule has 1 atom stereocenters. The van der Waals surface area contributed by atoms with Gasteiger partial charge < -0.3 is 10.4 Å². The molecule has 5 nitrogen and oxygen atoms in total. The second-order valence-electron chi connectivity index (χ2n) is 5.11. The second-order valence-corrected chi connectivity index (χ2v) is 5.11. The number of nitrogens with one attached hydrogen (secondary N) is 1. The lowest BCUT2D eigenvalue weighted by Crippen LogP contribution is -2.21. The highest BCUT2D eigenvalue weighted by Gasteiger charge is 2.08. The zero-order valence-electron chi connectivity index (χ0n) is 11.9. The summed E-state index contributed by atoms with van der Waals surface area (Å²) in [6.45, 7) is 3.17. The summed E-state index contributed by atoms with van der Waals surface area (Å²) in [5, 5.41) is 13.5. The van der Waals surface area contributed by atoms with Crippen molar-refractivity contribution >= 4 is 5.65 Å². The van der Waals surface area contributed by atoms with Gasteiger partial charge in [-0.2, -0.15) is 0 Å². The van der Waals surface area contributed by atoms with Crippen molar-refractivity contribution in [1.29, 1.82) is 0 Å². The van der Waals surface area contributed by atoms with Gasteiger partial charge in [-0.15, -0.1) is 0 Å². The molecule has 0 saturated heterocycles. The molecule has 1 unspecified atom stereocenters. The number of imidazole rings is 1. The predicted octanol–water partition coefficient (Wildman–Crippen LogP) is 1.86. The molecule has 5 heteroatoms. The summed E-state index contributed by atoms with van der Waals surface area (Å²) in [7, 11) is 0. The van der Waals surface area contributed by atoms with Crippen LogP contribution >= 0.6 is 0 Å². The molecule has 0 amide bonds. The standard InChI is InChI=1S/C16H18N4O/c1-12-3-2-4-13(7-12)15(21)10-18-8-14-9-19-16-11-17-5-6-20(14)16/h2-7,9,11,15,18,21H,8,10H2,1H3. The molecule has 2 heterocycles. The van der Waals surface area contributed by atoms with E-state index >= 15 is 0 Å². The molecule has 108 valence electrons. The van der Waals surface area contributed by atoms with Gasteiger partial charge in [0.05, 0.1) is 24.2 Å². The number of aromatic nitrogens is 3. The maximum atomic E-state index is 10.2. The van der Waals surface area contributed by atoms with Gasteiger partial charge in [0.2, 0.25) is 0 Å². The summed E-state index contributed by atoms with van der Waals surface area (Å²) in [6, 6.07) is 7.94. The Hall–Kier alpha value is -2.24. The average molecular weight is 282 g/mol. The fourth-order valence-corrected chi connectivity index (χ4v) is 2.36. The Kier molecular flexibility index (Phi) is 3.94. The lowest BCUT2D eigenvalue weighted by molar-refractivity contribution is 0.174. The molecular formula is C16H18N4O. The Bertz CT molecular complexity index is 738. The van der Waals surface area contributed by atoms with Gasteiger partial charge in [0, 0.05) is 25.5 Å². The zero-order valence-corrected chi connectivity index (χ0v) is 11.9. The van der Waals surface area contributed by atoms with E-state index in [9.17, 15) is 5.11 Å². The first-order valence-corrected chi connectivity index (χ1v) is 6.95. The Balaban J connectivity index is 1.61. The van der Waals surface area contributed by atoms with Crippen molar-refractivity contribution < 1.29 is 5.11 Å². The van der Waals surface area contributed by atoms with E-state index in [4.69, 9.17) is 0 Å². The first-order chi connectivity index (χ1) is 10.2. The van der Waals surface area contributed by atoms with E-state index in [0.29, 0.717) is 13.1 Å². The summed E-state index contributed by atoms with van der Waals surface area (Å²) in [5.74, 6) is 0. The molecule has 0 bridgehead atoms. The molecule has 0 fully saturated rings. The Morgan fingerprint density at radius 2 is 2.24 bits per heavy atom. The number of nitrogens with zero attached hydrogens (tertiary/aromatic N) is 3. The van der Waals surface area contributed by atoms with Crippen LogP contribution in [0.1, 0.15) is 22.9 Å². The van der Waals surface area contributed by atoms with Gasteiger partial charge in [0.15, 0.2) is 5.65 Å². The van der Waals surface area contributed by atoms with Crippen molar-refractivity contribution in [1.82, 2.24) is 19.7 Å². The zero-order chi connectivity index (χ0) is 14.7. The summed E-state index contributed by atoms with van der Waals surface area (Å²) >= 11 is 0. The van der Waals surface area contributed by atoms with Crippen molar-refractivity contribution in [2.24, 2.45) is 0 Å². The van der Waals surface area contributed by atoms with Crippen LogP contribution in [0.3, 0.4) is 0 Å². The van der Waals surface area contributed by atoms with E-state index in [1.165, 1.54) is 0 Å². The molecule has 3 aromatic rings. The fraction of sp³-hybridized carbons (Fsp3) is 0.250. The van der Waals surface area contributed by atoms with Crippen molar-refractivity contribution in [2.75, 3.05) is 6.54 Å². The van der Waals surface area contributed by atoms with Gasteiger partial charge in [-0.1, -0.05) is 29.8 Å². The maximum absolute atomic E-state index is 10.2. The minimum atomic E-state index is -0.509. The molecule has 0 aliphatic heterocycles. The number of aliphatic hydroxyl groups is 1. The van der Waals surface area contributed by atoms with Crippen LogP contribution in [0.2, 0.25) is 0 Å². The van der Waals surface area contributed by atoms with Crippen LogP contribution < -0.4 is 5.32 Å². The molecule has 2 aromatic heterocycles. The van der Waals surface area contributed by atoms with E-state index in [0.717, 1.165) is 22.5 Å². The SMILES string of the molecule is Cc1cccc(C(O)CNCc2cnc3cnccn23)c1. The summed E-state index contributed by atoms with van der Waals surface area (Å²) in [5.41, 5.74) is 3.96. The van der Waals surface area contributed by atoms with Crippen LogP contribution in [0.4, 0.5) is 0 Å². The normalized spacial score (nSPS) is 12.7. The Morgan fingerprint density at radius 3 is 3.10 bits per heavy atom. The van der Waals surface area contributed by atoms with Gasteiger partial charge in [-0.3, -0.25) is 9.38 Å². The molecular weight excluding hydrogens is 264 g/mol. The molecule has 1 aromatic carbocycles. The molecule has 0 aliphatic rings. The van der Waals surface area contributed by atoms with Crippen molar-refractivity contribution in [3.05, 3.63) is 65.9 Å². The van der Waals surface area contributed by atoms with E-state index in [2.05, 4.69) is 15.3 Å². The largest absolute Gasteiger partial charge is 0.387 e. The molecule has 0 spiro atoms. The number of hydrogen-bond acceptors (Lipinski definition) is 4. The van der Waals surface area contributed by atoms with Crippen LogP contribution in [0, 0.1) is 6.92 Å². The first kappa shape index (κ1) is 13.7. The smallest absolute Gasteiger partial charge is 0.155 e. The maximum Gasteiger partial charge on any atom is 0.155 e. The van der Waals surface area contributed by atoms with Gasteiger partial charge in [-0.25, -0.2) is 4.98 Å². The number of aliphatic hydroxyl groups excluding tert-OH is 1. The Labute approximate surface area is 123 Å². The molecule has 2 N–H and O–H groups in total. The molecule has 3 rings (SSSR count). The van der Waals surface area contributed by atoms with Crippen LogP contribution in [-0.4, -0.2) is 26.0 Å². The number of rotatable bonds is 5. The monoisotopic (exact) mass is 282 g/mol. The topological polar surface area (TPSA) is 62.5 Å². The third-order valence-corrected chi connectivity index (χ3v) is 3.46. The number of aryl methyl sites for hydroxylation is 1. The summed E-state index contributed by atoms with van der Waals surface area (Å²) in [4.78, 5) is 8.32. The lowest BCUT2D eigenvalue weighted by atomic mass is 10.1. The van der Waals surface area contributed by atoms with Crippen LogP contribution in [0.25, 0.3) is 5.65 Å². The highest BCUT2D eigenvalue weighted by molar-refractivity contribution is 5.36. The third-order valence-electron chi connectivity index (χ3n) is 3.46.